The molecule has 168 valence electrons. The molecular formula is C20H23Cl2FN5O2S-. The van der Waals surface area contributed by atoms with Crippen LogP contribution in [0.4, 0.5) is 4.39 Å². The molecule has 31 heavy (non-hydrogen) atoms. The van der Waals surface area contributed by atoms with Gasteiger partial charge in [-0.1, -0.05) is 35.5 Å². The van der Waals surface area contributed by atoms with Crippen LogP contribution in [0.15, 0.2) is 41.6 Å². The van der Waals surface area contributed by atoms with E-state index >= 15 is 0 Å². The van der Waals surface area contributed by atoms with Crippen LogP contribution in [-0.4, -0.2) is 39.1 Å². The summed E-state index contributed by atoms with van der Waals surface area (Å²) in [6.45, 7) is 4.08. The van der Waals surface area contributed by atoms with Gasteiger partial charge in [-0.05, 0) is 52.7 Å². The number of ether oxygens (including phenoxy) is 2. The Morgan fingerprint density at radius 1 is 1.16 bits per heavy atom. The third-order valence-electron chi connectivity index (χ3n) is 4.09. The zero-order chi connectivity index (χ0) is 21.3. The number of hydrogen-bond donors (Lipinski definition) is 1. The SMILES string of the molecule is CCOc1cc(CNCCSc2nnnn2C)cc(Cl)c1OCc1ccc(F)cc1.[Cl-]. The molecule has 0 saturated carbocycles. The second-order valence-electron chi connectivity index (χ2n) is 6.36. The van der Waals surface area contributed by atoms with Gasteiger partial charge >= 0.3 is 0 Å². The molecule has 1 heterocycles. The largest absolute Gasteiger partial charge is 1.00 e. The molecular weight excluding hydrogens is 464 g/mol. The van der Waals surface area contributed by atoms with Crippen molar-refractivity contribution in [3.8, 4) is 11.5 Å². The predicted molar refractivity (Wildman–Crippen MR) is 115 cm³/mol. The fourth-order valence-corrected chi connectivity index (χ4v) is 3.69. The van der Waals surface area contributed by atoms with Gasteiger partial charge in [-0.3, -0.25) is 0 Å². The number of nitrogens with zero attached hydrogens (tertiary/aromatic N) is 4. The Bertz CT molecular complexity index is 959. The average Bonchev–Trinajstić information content (AvgIpc) is 3.13. The second-order valence-corrected chi connectivity index (χ2v) is 7.83. The number of aromatic nitrogens is 4. The molecule has 11 heteroatoms. The summed E-state index contributed by atoms with van der Waals surface area (Å²) in [6.07, 6.45) is 0. The highest BCUT2D eigenvalue weighted by Gasteiger charge is 2.13. The molecule has 0 aliphatic heterocycles. The summed E-state index contributed by atoms with van der Waals surface area (Å²) in [5.41, 5.74) is 1.83. The summed E-state index contributed by atoms with van der Waals surface area (Å²) in [5, 5.41) is 16.0. The summed E-state index contributed by atoms with van der Waals surface area (Å²) >= 11 is 8.05. The number of tetrazole rings is 1. The lowest BCUT2D eigenvalue weighted by molar-refractivity contribution is -0.00000764. The first-order valence-electron chi connectivity index (χ1n) is 9.45. The van der Waals surface area contributed by atoms with Crippen LogP contribution in [0.1, 0.15) is 18.1 Å². The standard InChI is InChI=1S/C20H23ClFN5O2S.ClH/c1-3-28-18-11-15(12-23-8-9-30-20-24-25-26-27(20)2)10-17(21)19(18)29-13-14-4-6-16(22)7-5-14;/h4-7,10-11,23H,3,8-9,12-13H2,1-2H3;1H/p-1. The molecule has 0 saturated heterocycles. The molecule has 0 bridgehead atoms. The van der Waals surface area contributed by atoms with E-state index in [1.807, 2.05) is 26.1 Å². The molecule has 0 unspecified atom stereocenters. The molecule has 3 aromatic rings. The van der Waals surface area contributed by atoms with Crippen LogP contribution in [-0.2, 0) is 20.2 Å². The molecule has 3 rings (SSSR count). The van der Waals surface area contributed by atoms with Crippen LogP contribution in [0.2, 0.25) is 5.02 Å². The number of halogens is 3. The third kappa shape index (κ3) is 7.53. The highest BCUT2D eigenvalue weighted by molar-refractivity contribution is 7.99. The molecule has 0 aliphatic rings. The van der Waals surface area contributed by atoms with Gasteiger partial charge in [0, 0.05) is 25.9 Å². The van der Waals surface area contributed by atoms with Crippen molar-refractivity contribution in [1.82, 2.24) is 25.5 Å². The van der Waals surface area contributed by atoms with Crippen molar-refractivity contribution in [1.29, 1.82) is 0 Å². The van der Waals surface area contributed by atoms with Gasteiger partial charge < -0.3 is 27.2 Å². The molecule has 0 amide bonds. The first-order valence-corrected chi connectivity index (χ1v) is 10.8. The lowest BCUT2D eigenvalue weighted by atomic mass is 10.2. The van der Waals surface area contributed by atoms with E-state index in [9.17, 15) is 4.39 Å². The zero-order valence-corrected chi connectivity index (χ0v) is 19.5. The quantitative estimate of drug-likeness (QED) is 0.318. The molecule has 1 aromatic heterocycles. The van der Waals surface area contributed by atoms with Crippen LogP contribution in [0, 0.1) is 5.82 Å². The van der Waals surface area contributed by atoms with Gasteiger partial charge in [-0.15, -0.1) is 5.10 Å². The molecule has 0 atom stereocenters. The molecule has 7 nitrogen and oxygen atoms in total. The number of aryl methyl sites for hydroxylation is 1. The molecule has 0 spiro atoms. The number of thioether (sulfide) groups is 1. The number of rotatable bonds is 11. The third-order valence-corrected chi connectivity index (χ3v) is 5.38. The topological polar surface area (TPSA) is 74.1 Å². The predicted octanol–water partition coefficient (Wildman–Crippen LogP) is 0.866. The minimum Gasteiger partial charge on any atom is -1.00 e. The minimum atomic E-state index is -0.282. The van der Waals surface area contributed by atoms with Crippen molar-refractivity contribution >= 4 is 23.4 Å². The number of hydrogen-bond acceptors (Lipinski definition) is 7. The van der Waals surface area contributed by atoms with E-state index in [1.54, 1.807) is 28.6 Å². The Kier molecular flexibility index (Phi) is 10.3. The average molecular weight is 487 g/mol. The van der Waals surface area contributed by atoms with Crippen molar-refractivity contribution in [3.63, 3.8) is 0 Å². The maximum absolute atomic E-state index is 13.1. The molecule has 0 aliphatic carbocycles. The van der Waals surface area contributed by atoms with Crippen molar-refractivity contribution in [2.24, 2.45) is 7.05 Å². The van der Waals surface area contributed by atoms with Gasteiger partial charge in [0.25, 0.3) is 0 Å². The zero-order valence-electron chi connectivity index (χ0n) is 17.1. The van der Waals surface area contributed by atoms with Crippen molar-refractivity contribution in [2.45, 2.75) is 25.2 Å². The van der Waals surface area contributed by atoms with Crippen molar-refractivity contribution in [2.75, 3.05) is 18.9 Å². The summed E-state index contributed by atoms with van der Waals surface area (Å²) in [6, 6.07) is 9.93. The highest BCUT2D eigenvalue weighted by atomic mass is 35.5. The van der Waals surface area contributed by atoms with Crippen LogP contribution < -0.4 is 27.2 Å². The minimum absolute atomic E-state index is 0. The first-order chi connectivity index (χ1) is 14.6. The van der Waals surface area contributed by atoms with Crippen LogP contribution in [0.25, 0.3) is 0 Å². The molecule has 1 N–H and O–H groups in total. The van der Waals surface area contributed by atoms with E-state index in [0.29, 0.717) is 29.7 Å². The molecule has 2 aromatic carbocycles. The van der Waals surface area contributed by atoms with E-state index in [1.165, 1.54) is 12.1 Å². The van der Waals surface area contributed by atoms with Crippen LogP contribution in [0.5, 0.6) is 11.5 Å². The Hall–Kier alpha value is -2.07. The maximum Gasteiger partial charge on any atom is 0.209 e. The van der Waals surface area contributed by atoms with Crippen molar-refractivity contribution in [3.05, 3.63) is 58.4 Å². The second kappa shape index (κ2) is 12.7. The molecule has 0 fully saturated rings. The summed E-state index contributed by atoms with van der Waals surface area (Å²) in [7, 11) is 1.81. The Labute approximate surface area is 196 Å². The van der Waals surface area contributed by atoms with E-state index < -0.39 is 0 Å². The molecule has 0 radical (unpaired) electrons. The number of nitrogens with one attached hydrogen (secondary N) is 1. The highest BCUT2D eigenvalue weighted by Crippen LogP contribution is 2.37. The summed E-state index contributed by atoms with van der Waals surface area (Å²) in [4.78, 5) is 0. The monoisotopic (exact) mass is 486 g/mol. The lowest BCUT2D eigenvalue weighted by Crippen LogP contribution is -3.00. The Morgan fingerprint density at radius 2 is 1.94 bits per heavy atom. The Morgan fingerprint density at radius 3 is 2.61 bits per heavy atom. The van der Waals surface area contributed by atoms with Gasteiger partial charge in [0.05, 0.1) is 11.6 Å². The number of benzene rings is 2. The summed E-state index contributed by atoms with van der Waals surface area (Å²) < 4.78 is 26.3. The van der Waals surface area contributed by atoms with E-state index in [-0.39, 0.29) is 24.8 Å². The van der Waals surface area contributed by atoms with Gasteiger partial charge in [0.15, 0.2) is 11.5 Å². The fourth-order valence-electron chi connectivity index (χ4n) is 2.65. The van der Waals surface area contributed by atoms with Gasteiger partial charge in [0.2, 0.25) is 5.16 Å². The van der Waals surface area contributed by atoms with E-state index in [2.05, 4.69) is 20.8 Å². The summed E-state index contributed by atoms with van der Waals surface area (Å²) in [5.74, 6) is 1.62. The van der Waals surface area contributed by atoms with Gasteiger partial charge in [-0.2, -0.15) is 0 Å². The lowest BCUT2D eigenvalue weighted by Gasteiger charge is -2.16. The Balaban J connectivity index is 0.00000341. The van der Waals surface area contributed by atoms with E-state index in [0.717, 1.165) is 28.6 Å². The van der Waals surface area contributed by atoms with E-state index in [4.69, 9.17) is 21.1 Å². The van der Waals surface area contributed by atoms with Crippen LogP contribution >= 0.6 is 23.4 Å². The van der Waals surface area contributed by atoms with Crippen LogP contribution in [0.3, 0.4) is 0 Å². The fraction of sp³-hybridized carbons (Fsp3) is 0.350. The smallest absolute Gasteiger partial charge is 0.209 e. The normalized spacial score (nSPS) is 10.6. The maximum atomic E-state index is 13.1. The van der Waals surface area contributed by atoms with Gasteiger partial charge in [-0.25, -0.2) is 9.07 Å². The first kappa shape index (κ1) is 25.2. The van der Waals surface area contributed by atoms with Crippen molar-refractivity contribution < 1.29 is 26.3 Å². The van der Waals surface area contributed by atoms with Gasteiger partial charge in [0.1, 0.15) is 12.4 Å².